The summed E-state index contributed by atoms with van der Waals surface area (Å²) in [5.74, 6) is -7.22. The number of imide groups is 2. The molecule has 2 aliphatic heterocycles. The number of nitrogens with zero attached hydrogens (tertiary/aromatic N) is 2. The van der Waals surface area contributed by atoms with Gasteiger partial charge in [-0.05, 0) is 37.0 Å². The van der Waals surface area contributed by atoms with Gasteiger partial charge in [0.1, 0.15) is 11.5 Å². The third kappa shape index (κ3) is 3.13. The summed E-state index contributed by atoms with van der Waals surface area (Å²) in [4.78, 5) is 53.6. The van der Waals surface area contributed by atoms with Crippen LogP contribution in [0.2, 0.25) is 0 Å². The molecule has 0 spiro atoms. The number of rotatable bonds is 2. The summed E-state index contributed by atoms with van der Waals surface area (Å²) < 4.78 is 42.6. The van der Waals surface area contributed by atoms with Crippen LogP contribution in [0.15, 0.2) is 29.8 Å². The molecule has 3 fully saturated rings. The quantitative estimate of drug-likeness (QED) is 0.516. The van der Waals surface area contributed by atoms with E-state index in [-0.39, 0.29) is 36.0 Å². The van der Waals surface area contributed by atoms with Crippen LogP contribution in [0, 0.1) is 29.6 Å². The SMILES string of the molecule is CN1C(=O)[C@H]2[C@H](CC=C3[C@H]2C[C@H]2C(=O)N(C)C(=O)[C@H]2[C@H]3c2cc(OC(F)(F)F)ccc2O)C1=O. The standard InChI is InChI=1S/C23H21F3N2O6/c1-27-19(30)11-5-4-10-12(17(11)21(27)32)8-14-18(22(33)28(2)20(14)31)16(10)13-7-9(3-6-15(13)29)34-23(24,25)26/h3-4,6-7,11-12,14,16-18,29H,5,8H2,1-2H3/t11-,12+,14+,16+,17-,18+/m0/s1. The smallest absolute Gasteiger partial charge is 0.508 e. The molecule has 0 unspecified atom stereocenters. The maximum Gasteiger partial charge on any atom is 0.573 e. The molecule has 1 aromatic carbocycles. The zero-order chi connectivity index (χ0) is 24.7. The van der Waals surface area contributed by atoms with Crippen LogP contribution in [0.25, 0.3) is 0 Å². The molecule has 8 nitrogen and oxygen atoms in total. The summed E-state index contributed by atoms with van der Waals surface area (Å²) >= 11 is 0. The number of aromatic hydroxyl groups is 1. The van der Waals surface area contributed by atoms with Crippen molar-refractivity contribution in [1.82, 2.24) is 9.80 Å². The molecule has 2 saturated heterocycles. The Bertz CT molecular complexity index is 1160. The number of allylic oxidation sites excluding steroid dienone is 2. The summed E-state index contributed by atoms with van der Waals surface area (Å²) in [6, 6.07) is 3.02. The number of hydrogen-bond donors (Lipinski definition) is 1. The molecule has 4 aliphatic rings. The molecule has 1 aromatic rings. The number of halogens is 3. The Morgan fingerprint density at radius 3 is 2.18 bits per heavy atom. The zero-order valence-electron chi connectivity index (χ0n) is 18.2. The van der Waals surface area contributed by atoms with Crippen LogP contribution < -0.4 is 4.74 Å². The fourth-order valence-electron chi connectivity index (χ4n) is 6.23. The number of alkyl halides is 3. The van der Waals surface area contributed by atoms with E-state index in [1.165, 1.54) is 14.1 Å². The van der Waals surface area contributed by atoms with Gasteiger partial charge in [-0.1, -0.05) is 11.6 Å². The fourth-order valence-corrected chi connectivity index (χ4v) is 6.23. The van der Waals surface area contributed by atoms with Crippen LogP contribution in [0.5, 0.6) is 11.5 Å². The van der Waals surface area contributed by atoms with Gasteiger partial charge in [-0.2, -0.15) is 0 Å². The van der Waals surface area contributed by atoms with Gasteiger partial charge in [0, 0.05) is 25.6 Å². The Hall–Kier alpha value is -3.37. The van der Waals surface area contributed by atoms with Crippen molar-refractivity contribution in [1.29, 1.82) is 0 Å². The molecule has 0 bridgehead atoms. The van der Waals surface area contributed by atoms with Crippen LogP contribution in [0.1, 0.15) is 24.3 Å². The number of carbonyl (C=O) groups is 4. The monoisotopic (exact) mass is 478 g/mol. The van der Waals surface area contributed by atoms with Crippen molar-refractivity contribution in [3.05, 3.63) is 35.4 Å². The van der Waals surface area contributed by atoms with Gasteiger partial charge >= 0.3 is 6.36 Å². The molecule has 11 heteroatoms. The van der Waals surface area contributed by atoms with Gasteiger partial charge in [-0.3, -0.25) is 29.0 Å². The van der Waals surface area contributed by atoms with Gasteiger partial charge in [0.2, 0.25) is 23.6 Å². The average molecular weight is 478 g/mol. The lowest BCUT2D eigenvalue weighted by molar-refractivity contribution is -0.274. The second kappa shape index (κ2) is 7.31. The second-order valence-corrected chi connectivity index (χ2v) is 9.26. The summed E-state index contributed by atoms with van der Waals surface area (Å²) in [5, 5.41) is 10.6. The van der Waals surface area contributed by atoms with Crippen LogP contribution in [-0.4, -0.2) is 59.0 Å². The Morgan fingerprint density at radius 1 is 0.912 bits per heavy atom. The third-order valence-corrected chi connectivity index (χ3v) is 7.66. The number of likely N-dealkylation sites (tertiary alicyclic amines) is 2. The van der Waals surface area contributed by atoms with E-state index in [1.54, 1.807) is 6.08 Å². The number of ether oxygens (including phenoxy) is 1. The second-order valence-electron chi connectivity index (χ2n) is 9.26. The molecule has 1 saturated carbocycles. The summed E-state index contributed by atoms with van der Waals surface area (Å²) in [7, 11) is 2.73. The third-order valence-electron chi connectivity index (χ3n) is 7.66. The van der Waals surface area contributed by atoms with Crippen molar-refractivity contribution in [2.24, 2.45) is 29.6 Å². The number of benzene rings is 1. The van der Waals surface area contributed by atoms with E-state index in [2.05, 4.69) is 4.74 Å². The van der Waals surface area contributed by atoms with Crippen molar-refractivity contribution in [2.45, 2.75) is 25.1 Å². The number of hydrogen-bond acceptors (Lipinski definition) is 6. The normalized spacial score (nSPS) is 33.0. The van der Waals surface area contributed by atoms with Gasteiger partial charge in [0.05, 0.1) is 23.7 Å². The van der Waals surface area contributed by atoms with Crippen molar-refractivity contribution < 1.29 is 42.2 Å². The van der Waals surface area contributed by atoms with E-state index in [0.717, 1.165) is 28.0 Å². The molecule has 2 heterocycles. The number of phenols is 1. The number of carbonyl (C=O) groups excluding carboxylic acids is 4. The molecule has 0 radical (unpaired) electrons. The van der Waals surface area contributed by atoms with Crippen LogP contribution >= 0.6 is 0 Å². The highest BCUT2D eigenvalue weighted by Crippen LogP contribution is 2.58. The van der Waals surface area contributed by atoms with E-state index < -0.39 is 59.4 Å². The Kier molecular flexibility index (Phi) is 4.82. The van der Waals surface area contributed by atoms with Crippen LogP contribution in [0.3, 0.4) is 0 Å². The summed E-state index contributed by atoms with van der Waals surface area (Å²) in [5.41, 5.74) is 0.586. The molecule has 4 amide bonds. The molecule has 1 N–H and O–H groups in total. The van der Waals surface area contributed by atoms with E-state index in [4.69, 9.17) is 0 Å². The van der Waals surface area contributed by atoms with Crippen molar-refractivity contribution in [3.63, 3.8) is 0 Å². The highest BCUT2D eigenvalue weighted by atomic mass is 19.4. The van der Waals surface area contributed by atoms with E-state index >= 15 is 0 Å². The number of phenolic OH excluding ortho intramolecular Hbond substituents is 1. The lowest BCUT2D eigenvalue weighted by Crippen LogP contribution is -2.43. The van der Waals surface area contributed by atoms with Crippen molar-refractivity contribution in [2.75, 3.05) is 14.1 Å². The first kappa shape index (κ1) is 22.4. The molecule has 180 valence electrons. The Morgan fingerprint density at radius 2 is 1.53 bits per heavy atom. The largest absolute Gasteiger partial charge is 0.573 e. The maximum absolute atomic E-state index is 13.1. The van der Waals surface area contributed by atoms with E-state index in [1.807, 2.05) is 0 Å². The maximum atomic E-state index is 13.1. The van der Waals surface area contributed by atoms with Crippen molar-refractivity contribution in [3.8, 4) is 11.5 Å². The topological polar surface area (TPSA) is 104 Å². The van der Waals surface area contributed by atoms with Gasteiger partial charge in [0.25, 0.3) is 0 Å². The van der Waals surface area contributed by atoms with E-state index in [0.29, 0.717) is 5.57 Å². The first-order valence-corrected chi connectivity index (χ1v) is 10.8. The summed E-state index contributed by atoms with van der Waals surface area (Å²) in [6.45, 7) is 0. The van der Waals surface area contributed by atoms with Gasteiger partial charge in [-0.15, -0.1) is 13.2 Å². The highest BCUT2D eigenvalue weighted by molar-refractivity contribution is 6.07. The Labute approximate surface area is 191 Å². The average Bonchev–Trinajstić information content (AvgIpc) is 3.13. The van der Waals surface area contributed by atoms with Crippen LogP contribution in [0.4, 0.5) is 13.2 Å². The number of fused-ring (bicyclic) bond motifs is 4. The molecule has 2 aliphatic carbocycles. The fraction of sp³-hybridized carbons (Fsp3) is 0.478. The lowest BCUT2D eigenvalue weighted by atomic mass is 9.57. The zero-order valence-corrected chi connectivity index (χ0v) is 18.2. The molecule has 5 rings (SSSR count). The molecule has 6 atom stereocenters. The molecule has 34 heavy (non-hydrogen) atoms. The first-order chi connectivity index (χ1) is 15.9. The number of amides is 4. The molecule has 0 aromatic heterocycles. The van der Waals surface area contributed by atoms with E-state index in [9.17, 15) is 37.5 Å². The predicted molar refractivity (Wildman–Crippen MR) is 108 cm³/mol. The lowest BCUT2D eigenvalue weighted by Gasteiger charge is -2.44. The minimum absolute atomic E-state index is 0.00715. The highest BCUT2D eigenvalue weighted by Gasteiger charge is 2.61. The minimum atomic E-state index is -4.97. The predicted octanol–water partition coefficient (Wildman–Crippen LogP) is 2.19. The Balaban J connectivity index is 1.66. The van der Waals surface area contributed by atoms with Crippen molar-refractivity contribution >= 4 is 23.6 Å². The molecular formula is C23H21F3N2O6. The van der Waals surface area contributed by atoms with Gasteiger partial charge < -0.3 is 9.84 Å². The van der Waals surface area contributed by atoms with Gasteiger partial charge in [0.15, 0.2) is 0 Å². The summed E-state index contributed by atoms with van der Waals surface area (Å²) in [6.07, 6.45) is -2.85. The van der Waals surface area contributed by atoms with Crippen LogP contribution in [-0.2, 0) is 19.2 Å². The first-order valence-electron chi connectivity index (χ1n) is 10.8. The molecular weight excluding hydrogens is 457 g/mol. The van der Waals surface area contributed by atoms with Gasteiger partial charge in [-0.25, -0.2) is 0 Å². The minimum Gasteiger partial charge on any atom is -0.508 e.